The van der Waals surface area contributed by atoms with Crippen LogP contribution in [0.1, 0.15) is 0 Å². The SMILES string of the molecule is S=C1NC=N[C@H]2N=CN[C@H]12. The number of nitrogens with zero attached hydrogens (tertiary/aromatic N) is 2. The highest BCUT2D eigenvalue weighted by atomic mass is 32.1. The van der Waals surface area contributed by atoms with Gasteiger partial charge in [-0.2, -0.15) is 0 Å². The van der Waals surface area contributed by atoms with Crippen molar-refractivity contribution in [1.29, 1.82) is 0 Å². The van der Waals surface area contributed by atoms with Crippen LogP contribution < -0.4 is 10.6 Å². The summed E-state index contributed by atoms with van der Waals surface area (Å²) in [5.74, 6) is 0. The molecule has 0 radical (unpaired) electrons. The molecule has 0 spiro atoms. The molecule has 0 aromatic heterocycles. The molecule has 2 N–H and O–H groups in total. The van der Waals surface area contributed by atoms with E-state index in [0.29, 0.717) is 0 Å². The maximum absolute atomic E-state index is 5.00. The van der Waals surface area contributed by atoms with Crippen LogP contribution in [0.5, 0.6) is 0 Å². The fourth-order valence-electron chi connectivity index (χ4n) is 0.975. The molecular formula is C5H6N4S. The molecule has 0 amide bonds. The van der Waals surface area contributed by atoms with E-state index in [9.17, 15) is 0 Å². The van der Waals surface area contributed by atoms with Crippen LogP contribution >= 0.6 is 12.2 Å². The third-order valence-electron chi connectivity index (χ3n) is 1.50. The summed E-state index contributed by atoms with van der Waals surface area (Å²) >= 11 is 5.00. The molecule has 2 atom stereocenters. The van der Waals surface area contributed by atoms with Crippen molar-refractivity contribution in [2.75, 3.05) is 0 Å². The van der Waals surface area contributed by atoms with Gasteiger partial charge in [0.2, 0.25) is 0 Å². The first-order chi connectivity index (χ1) is 4.88. The Balaban J connectivity index is 2.27. The average Bonchev–Trinajstić information content (AvgIpc) is 2.36. The van der Waals surface area contributed by atoms with Crippen LogP contribution in [-0.4, -0.2) is 29.9 Å². The lowest BCUT2D eigenvalue weighted by atomic mass is 10.2. The molecule has 2 aliphatic rings. The first kappa shape index (κ1) is 5.79. The molecule has 0 aliphatic carbocycles. The maximum atomic E-state index is 5.00. The normalized spacial score (nSPS) is 35.0. The Hall–Kier alpha value is -0.970. The van der Waals surface area contributed by atoms with Gasteiger partial charge in [-0.15, -0.1) is 0 Å². The molecule has 52 valence electrons. The average molecular weight is 154 g/mol. The second-order valence-electron chi connectivity index (χ2n) is 2.12. The lowest BCUT2D eigenvalue weighted by Gasteiger charge is -2.19. The van der Waals surface area contributed by atoms with Crippen molar-refractivity contribution in [3.63, 3.8) is 0 Å². The van der Waals surface area contributed by atoms with E-state index in [-0.39, 0.29) is 12.2 Å². The van der Waals surface area contributed by atoms with Crippen LogP contribution in [-0.2, 0) is 0 Å². The van der Waals surface area contributed by atoms with Gasteiger partial charge in [-0.25, -0.2) is 9.98 Å². The standard InChI is InChI=1S/C5H6N4S/c10-5-3-4(7-1-6-3)8-2-9-5/h1-4H,(H,6,7)(H,8,9,10)/t3-,4+/m0/s1. The highest BCUT2D eigenvalue weighted by Crippen LogP contribution is 2.08. The number of thiocarbonyl (C=S) groups is 1. The zero-order chi connectivity index (χ0) is 6.97. The van der Waals surface area contributed by atoms with Gasteiger partial charge >= 0.3 is 0 Å². The summed E-state index contributed by atoms with van der Waals surface area (Å²) in [7, 11) is 0. The van der Waals surface area contributed by atoms with Gasteiger partial charge in [0.15, 0.2) is 6.17 Å². The van der Waals surface area contributed by atoms with Crippen molar-refractivity contribution in [1.82, 2.24) is 10.6 Å². The Kier molecular flexibility index (Phi) is 1.17. The molecule has 2 rings (SSSR count). The van der Waals surface area contributed by atoms with Crippen LogP contribution in [0.2, 0.25) is 0 Å². The second kappa shape index (κ2) is 2.02. The van der Waals surface area contributed by atoms with Crippen LogP contribution in [0, 0.1) is 0 Å². The molecule has 0 saturated heterocycles. The fourth-order valence-corrected chi connectivity index (χ4v) is 1.22. The monoisotopic (exact) mass is 154 g/mol. The van der Waals surface area contributed by atoms with E-state index in [2.05, 4.69) is 20.6 Å². The predicted molar refractivity (Wildman–Crippen MR) is 43.4 cm³/mol. The first-order valence-electron chi connectivity index (χ1n) is 2.97. The minimum Gasteiger partial charge on any atom is -0.364 e. The third-order valence-corrected chi connectivity index (χ3v) is 1.87. The zero-order valence-electron chi connectivity index (χ0n) is 5.11. The Morgan fingerprint density at radius 1 is 1.40 bits per heavy atom. The topological polar surface area (TPSA) is 48.8 Å². The van der Waals surface area contributed by atoms with Crippen LogP contribution in [0.4, 0.5) is 0 Å². The van der Waals surface area contributed by atoms with Gasteiger partial charge in [0.05, 0.1) is 12.7 Å². The van der Waals surface area contributed by atoms with Crippen molar-refractivity contribution < 1.29 is 0 Å². The summed E-state index contributed by atoms with van der Waals surface area (Å²) < 4.78 is 0. The molecule has 0 unspecified atom stereocenters. The van der Waals surface area contributed by atoms with E-state index in [1.807, 2.05) is 0 Å². The molecule has 0 aromatic rings. The molecule has 2 aliphatic heterocycles. The molecule has 5 heteroatoms. The van der Waals surface area contributed by atoms with Gasteiger partial charge in [-0.05, 0) is 0 Å². The molecular weight excluding hydrogens is 148 g/mol. The third kappa shape index (κ3) is 0.706. The van der Waals surface area contributed by atoms with Crippen LogP contribution in [0.3, 0.4) is 0 Å². The Labute approximate surface area is 63.4 Å². The number of rotatable bonds is 0. The number of nitrogens with one attached hydrogen (secondary N) is 2. The van der Waals surface area contributed by atoms with Gasteiger partial charge < -0.3 is 10.6 Å². The zero-order valence-corrected chi connectivity index (χ0v) is 5.93. The van der Waals surface area contributed by atoms with Crippen LogP contribution in [0.15, 0.2) is 9.98 Å². The predicted octanol–water partition coefficient (Wildman–Crippen LogP) is -0.729. The first-order valence-corrected chi connectivity index (χ1v) is 3.38. The van der Waals surface area contributed by atoms with E-state index >= 15 is 0 Å². The van der Waals surface area contributed by atoms with E-state index in [1.165, 1.54) is 0 Å². The van der Waals surface area contributed by atoms with E-state index in [1.54, 1.807) is 12.7 Å². The van der Waals surface area contributed by atoms with Crippen molar-refractivity contribution in [2.24, 2.45) is 9.98 Å². The van der Waals surface area contributed by atoms with Crippen molar-refractivity contribution in [3.05, 3.63) is 0 Å². The largest absolute Gasteiger partial charge is 0.364 e. The Morgan fingerprint density at radius 2 is 2.20 bits per heavy atom. The minimum absolute atomic E-state index is 0.0336. The Bertz CT molecular complexity index is 222. The molecule has 0 aromatic carbocycles. The highest BCUT2D eigenvalue weighted by Gasteiger charge is 2.28. The second-order valence-corrected chi connectivity index (χ2v) is 2.56. The summed E-state index contributed by atoms with van der Waals surface area (Å²) in [4.78, 5) is 8.87. The Morgan fingerprint density at radius 3 is 3.00 bits per heavy atom. The molecule has 0 saturated carbocycles. The van der Waals surface area contributed by atoms with E-state index in [4.69, 9.17) is 12.2 Å². The number of fused-ring (bicyclic) bond motifs is 1. The van der Waals surface area contributed by atoms with Gasteiger partial charge in [-0.3, -0.25) is 0 Å². The number of aliphatic imine (C=N–C) groups is 2. The molecule has 0 bridgehead atoms. The number of hydrogen-bond donors (Lipinski definition) is 2. The minimum atomic E-state index is -0.0336. The van der Waals surface area contributed by atoms with Crippen LogP contribution in [0.25, 0.3) is 0 Å². The van der Waals surface area contributed by atoms with Gasteiger partial charge in [0, 0.05) is 0 Å². The van der Waals surface area contributed by atoms with Gasteiger partial charge in [-0.1, -0.05) is 12.2 Å². The van der Waals surface area contributed by atoms with Crippen molar-refractivity contribution >= 4 is 29.9 Å². The summed E-state index contributed by atoms with van der Waals surface area (Å²) in [6.07, 6.45) is 3.20. The number of hydrogen-bond acceptors (Lipinski definition) is 4. The quantitative estimate of drug-likeness (QED) is 0.452. The van der Waals surface area contributed by atoms with Crippen molar-refractivity contribution in [3.8, 4) is 0 Å². The smallest absolute Gasteiger partial charge is 0.169 e. The summed E-state index contributed by atoms with van der Waals surface area (Å²) in [5, 5.41) is 5.85. The van der Waals surface area contributed by atoms with Gasteiger partial charge in [0.1, 0.15) is 11.0 Å². The van der Waals surface area contributed by atoms with E-state index in [0.717, 1.165) is 4.99 Å². The summed E-state index contributed by atoms with van der Waals surface area (Å²) in [6.45, 7) is 0. The summed E-state index contributed by atoms with van der Waals surface area (Å²) in [6, 6.07) is 0.0833. The van der Waals surface area contributed by atoms with Crippen molar-refractivity contribution in [2.45, 2.75) is 12.2 Å². The lowest BCUT2D eigenvalue weighted by molar-refractivity contribution is 0.645. The van der Waals surface area contributed by atoms with E-state index < -0.39 is 0 Å². The molecule has 0 fully saturated rings. The lowest BCUT2D eigenvalue weighted by Crippen LogP contribution is -2.47. The fraction of sp³-hybridized carbons (Fsp3) is 0.400. The summed E-state index contributed by atoms with van der Waals surface area (Å²) in [5.41, 5.74) is 0. The maximum Gasteiger partial charge on any atom is 0.169 e. The molecule has 2 heterocycles. The highest BCUT2D eigenvalue weighted by molar-refractivity contribution is 7.80. The molecule has 4 nitrogen and oxygen atoms in total. The molecule has 10 heavy (non-hydrogen) atoms. The van der Waals surface area contributed by atoms with Gasteiger partial charge in [0.25, 0.3) is 0 Å².